The van der Waals surface area contributed by atoms with Gasteiger partial charge in [-0.25, -0.2) is 0 Å². The predicted molar refractivity (Wildman–Crippen MR) is 58.7 cm³/mol. The molecule has 3 unspecified atom stereocenters. The van der Waals surface area contributed by atoms with Gasteiger partial charge in [-0.2, -0.15) is 0 Å². The second-order valence-electron chi connectivity index (χ2n) is 4.17. The van der Waals surface area contributed by atoms with Crippen LogP contribution in [0.15, 0.2) is 0 Å². The van der Waals surface area contributed by atoms with E-state index in [1.807, 2.05) is 0 Å². The van der Waals surface area contributed by atoms with Crippen molar-refractivity contribution in [1.29, 1.82) is 0 Å². The van der Waals surface area contributed by atoms with Crippen LogP contribution in [0.3, 0.4) is 0 Å². The van der Waals surface area contributed by atoms with Crippen LogP contribution in [0.5, 0.6) is 0 Å². The van der Waals surface area contributed by atoms with Gasteiger partial charge in [0.15, 0.2) is 0 Å². The third kappa shape index (κ3) is 3.61. The van der Waals surface area contributed by atoms with Crippen LogP contribution in [0.2, 0.25) is 0 Å². The summed E-state index contributed by atoms with van der Waals surface area (Å²) in [5.41, 5.74) is 5.38. The standard InChI is InChI=1S/C10H19NOS/c1-7-3-4-9(5-8(7)2)12-6-10(11)13/h7-9H,3-6H2,1-2H3,(H2,11,13). The zero-order valence-electron chi connectivity index (χ0n) is 8.45. The van der Waals surface area contributed by atoms with E-state index in [0.29, 0.717) is 17.7 Å². The van der Waals surface area contributed by atoms with E-state index in [0.717, 1.165) is 24.7 Å². The summed E-state index contributed by atoms with van der Waals surface area (Å²) in [4.78, 5) is 0.464. The Morgan fingerprint density at radius 2 is 2.08 bits per heavy atom. The molecule has 0 bridgehead atoms. The summed E-state index contributed by atoms with van der Waals surface area (Å²) in [6, 6.07) is 0. The lowest BCUT2D eigenvalue weighted by Crippen LogP contribution is -2.29. The van der Waals surface area contributed by atoms with Crippen LogP contribution in [-0.2, 0) is 4.74 Å². The average Bonchev–Trinajstić information content (AvgIpc) is 2.07. The van der Waals surface area contributed by atoms with E-state index < -0.39 is 0 Å². The molecule has 0 aromatic heterocycles. The number of hydrogen-bond donors (Lipinski definition) is 1. The third-order valence-electron chi connectivity index (χ3n) is 3.01. The highest BCUT2D eigenvalue weighted by Crippen LogP contribution is 2.30. The molecule has 76 valence electrons. The van der Waals surface area contributed by atoms with Crippen molar-refractivity contribution in [1.82, 2.24) is 0 Å². The second-order valence-corrected chi connectivity index (χ2v) is 4.69. The fourth-order valence-electron chi connectivity index (χ4n) is 1.85. The molecule has 1 fully saturated rings. The summed E-state index contributed by atoms with van der Waals surface area (Å²) in [5, 5.41) is 0. The highest BCUT2D eigenvalue weighted by Gasteiger charge is 2.24. The van der Waals surface area contributed by atoms with Crippen molar-refractivity contribution in [3.8, 4) is 0 Å². The van der Waals surface area contributed by atoms with Gasteiger partial charge in [0.25, 0.3) is 0 Å². The zero-order chi connectivity index (χ0) is 9.84. The Kier molecular flexibility index (Phi) is 4.13. The van der Waals surface area contributed by atoms with E-state index in [1.165, 1.54) is 6.42 Å². The number of thiocarbonyl (C=S) groups is 1. The van der Waals surface area contributed by atoms with Gasteiger partial charge in [-0.05, 0) is 31.1 Å². The molecule has 0 spiro atoms. The summed E-state index contributed by atoms with van der Waals surface area (Å²) < 4.78 is 5.60. The van der Waals surface area contributed by atoms with E-state index in [2.05, 4.69) is 13.8 Å². The number of ether oxygens (including phenoxy) is 1. The smallest absolute Gasteiger partial charge is 0.0989 e. The van der Waals surface area contributed by atoms with Crippen LogP contribution >= 0.6 is 12.2 Å². The van der Waals surface area contributed by atoms with Gasteiger partial charge in [0.1, 0.15) is 0 Å². The van der Waals surface area contributed by atoms with Crippen LogP contribution in [-0.4, -0.2) is 17.7 Å². The van der Waals surface area contributed by atoms with Crippen LogP contribution in [0, 0.1) is 11.8 Å². The zero-order valence-corrected chi connectivity index (χ0v) is 9.27. The fraction of sp³-hybridized carbons (Fsp3) is 0.900. The van der Waals surface area contributed by atoms with Crippen molar-refractivity contribution in [2.24, 2.45) is 17.6 Å². The SMILES string of the molecule is CC1CCC(OCC(N)=S)CC1C. The van der Waals surface area contributed by atoms with Gasteiger partial charge >= 0.3 is 0 Å². The Morgan fingerprint density at radius 3 is 2.62 bits per heavy atom. The average molecular weight is 201 g/mol. The molecule has 0 heterocycles. The van der Waals surface area contributed by atoms with Gasteiger partial charge < -0.3 is 10.5 Å². The largest absolute Gasteiger partial charge is 0.391 e. The van der Waals surface area contributed by atoms with Crippen LogP contribution in [0.25, 0.3) is 0 Å². The molecule has 3 atom stereocenters. The van der Waals surface area contributed by atoms with Crippen molar-refractivity contribution >= 4 is 17.2 Å². The molecular formula is C10H19NOS. The number of hydrogen-bond acceptors (Lipinski definition) is 2. The molecule has 2 nitrogen and oxygen atoms in total. The topological polar surface area (TPSA) is 35.2 Å². The first kappa shape index (κ1) is 10.9. The van der Waals surface area contributed by atoms with Crippen molar-refractivity contribution in [3.05, 3.63) is 0 Å². The normalized spacial score (nSPS) is 34.5. The van der Waals surface area contributed by atoms with E-state index in [-0.39, 0.29) is 0 Å². The molecule has 1 rings (SSSR count). The van der Waals surface area contributed by atoms with Crippen molar-refractivity contribution < 1.29 is 4.74 Å². The van der Waals surface area contributed by atoms with E-state index in [1.54, 1.807) is 0 Å². The first-order chi connectivity index (χ1) is 6.09. The van der Waals surface area contributed by atoms with Crippen molar-refractivity contribution in [3.63, 3.8) is 0 Å². The third-order valence-corrected chi connectivity index (χ3v) is 3.13. The van der Waals surface area contributed by atoms with Gasteiger partial charge in [-0.1, -0.05) is 26.1 Å². The van der Waals surface area contributed by atoms with Crippen LogP contribution in [0.1, 0.15) is 33.1 Å². The second kappa shape index (κ2) is 4.91. The molecule has 0 radical (unpaired) electrons. The molecule has 0 saturated heterocycles. The Bertz CT molecular complexity index is 184. The minimum absolute atomic E-state index is 0.382. The highest BCUT2D eigenvalue weighted by molar-refractivity contribution is 7.80. The van der Waals surface area contributed by atoms with E-state index in [9.17, 15) is 0 Å². The molecular weight excluding hydrogens is 182 g/mol. The number of rotatable bonds is 3. The summed E-state index contributed by atoms with van der Waals surface area (Å²) in [7, 11) is 0. The molecule has 2 N–H and O–H groups in total. The minimum atomic E-state index is 0.382. The van der Waals surface area contributed by atoms with Gasteiger partial charge in [-0.3, -0.25) is 0 Å². The van der Waals surface area contributed by atoms with Gasteiger partial charge in [-0.15, -0.1) is 0 Å². The molecule has 0 aromatic rings. The van der Waals surface area contributed by atoms with Crippen LogP contribution < -0.4 is 5.73 Å². The molecule has 0 aliphatic heterocycles. The molecule has 0 amide bonds. The lowest BCUT2D eigenvalue weighted by molar-refractivity contribution is 0.0227. The van der Waals surface area contributed by atoms with Crippen molar-refractivity contribution in [2.75, 3.05) is 6.61 Å². The van der Waals surface area contributed by atoms with Gasteiger partial charge in [0.2, 0.25) is 0 Å². The maximum Gasteiger partial charge on any atom is 0.0989 e. The Morgan fingerprint density at radius 1 is 1.38 bits per heavy atom. The van der Waals surface area contributed by atoms with Gasteiger partial charge in [0, 0.05) is 0 Å². The maximum atomic E-state index is 5.60. The minimum Gasteiger partial charge on any atom is -0.391 e. The first-order valence-electron chi connectivity index (χ1n) is 4.99. The van der Waals surface area contributed by atoms with Crippen molar-refractivity contribution in [2.45, 2.75) is 39.2 Å². The highest BCUT2D eigenvalue weighted by atomic mass is 32.1. The molecule has 1 aliphatic rings. The van der Waals surface area contributed by atoms with E-state index >= 15 is 0 Å². The summed E-state index contributed by atoms with van der Waals surface area (Å²) in [5.74, 6) is 1.61. The fourth-order valence-corrected chi connectivity index (χ4v) is 1.92. The van der Waals surface area contributed by atoms with Crippen LogP contribution in [0.4, 0.5) is 0 Å². The lowest BCUT2D eigenvalue weighted by Gasteiger charge is -2.31. The maximum absolute atomic E-state index is 5.60. The van der Waals surface area contributed by atoms with Gasteiger partial charge in [0.05, 0.1) is 17.7 Å². The Hall–Kier alpha value is -0.150. The quantitative estimate of drug-likeness (QED) is 0.710. The van der Waals surface area contributed by atoms with E-state index in [4.69, 9.17) is 22.7 Å². The summed E-state index contributed by atoms with van der Waals surface area (Å²) in [6.07, 6.45) is 3.97. The Labute approximate surface area is 85.8 Å². The molecule has 3 heteroatoms. The molecule has 1 saturated carbocycles. The monoisotopic (exact) mass is 201 g/mol. The molecule has 1 aliphatic carbocycles. The Balaban J connectivity index is 2.25. The molecule has 0 aromatic carbocycles. The number of nitrogens with two attached hydrogens (primary N) is 1. The lowest BCUT2D eigenvalue weighted by atomic mass is 9.80. The predicted octanol–water partition coefficient (Wildman–Crippen LogP) is 2.11. The summed E-state index contributed by atoms with van der Waals surface area (Å²) >= 11 is 4.77. The summed E-state index contributed by atoms with van der Waals surface area (Å²) in [6.45, 7) is 5.05. The molecule has 13 heavy (non-hydrogen) atoms. The first-order valence-corrected chi connectivity index (χ1v) is 5.40.